The minimum absolute atomic E-state index is 0.0267. The van der Waals surface area contributed by atoms with Crippen LogP contribution >= 0.6 is 11.8 Å². The summed E-state index contributed by atoms with van der Waals surface area (Å²) in [6, 6.07) is 6.10. The number of nitrogens with two attached hydrogens (primary N) is 1. The number of aromatic nitrogens is 1. The Bertz CT molecular complexity index is 927. The zero-order chi connectivity index (χ0) is 19.9. The van der Waals surface area contributed by atoms with Crippen molar-refractivity contribution < 1.29 is 22.6 Å². The molecule has 0 bridgehead atoms. The summed E-state index contributed by atoms with van der Waals surface area (Å²) in [5, 5.41) is 0.396. The third kappa shape index (κ3) is 3.33. The van der Waals surface area contributed by atoms with Crippen LogP contribution in [0.25, 0.3) is 11.1 Å². The van der Waals surface area contributed by atoms with Crippen molar-refractivity contribution in [3.05, 3.63) is 48.0 Å². The van der Waals surface area contributed by atoms with Crippen LogP contribution in [0.3, 0.4) is 0 Å². The minimum atomic E-state index is -2.95. The second-order valence-corrected chi connectivity index (χ2v) is 8.13. The van der Waals surface area contributed by atoms with Gasteiger partial charge in [0.05, 0.1) is 23.7 Å². The molecule has 1 fully saturated rings. The summed E-state index contributed by atoms with van der Waals surface area (Å²) in [6.45, 7) is -0.227. The number of hydrogen-bond acceptors (Lipinski definition) is 6. The number of rotatable bonds is 4. The Hall–Kier alpha value is -2.26. The van der Waals surface area contributed by atoms with Crippen LogP contribution in [-0.4, -0.2) is 36.0 Å². The molecule has 0 radical (unpaired) electrons. The SMILES string of the molecule is C[C@H]1OC[C@]2(c3cc(-c4cncc(OC(F)F)c4)ccc3F)SC(N)=NC[C@@H]12. The monoisotopic (exact) mass is 409 g/mol. The first kappa shape index (κ1) is 19.1. The summed E-state index contributed by atoms with van der Waals surface area (Å²) in [7, 11) is 0. The predicted molar refractivity (Wildman–Crippen MR) is 101 cm³/mol. The molecule has 2 N–H and O–H groups in total. The molecule has 0 amide bonds. The molecule has 3 atom stereocenters. The first-order valence-electron chi connectivity index (χ1n) is 8.70. The number of thioether (sulfide) groups is 1. The molecule has 148 valence electrons. The van der Waals surface area contributed by atoms with Gasteiger partial charge in [0.15, 0.2) is 5.17 Å². The Morgan fingerprint density at radius 1 is 1.29 bits per heavy atom. The lowest BCUT2D eigenvalue weighted by atomic mass is 9.83. The van der Waals surface area contributed by atoms with Gasteiger partial charge < -0.3 is 15.2 Å². The lowest BCUT2D eigenvalue weighted by molar-refractivity contribution is -0.0500. The smallest absolute Gasteiger partial charge is 0.387 e. The number of hydrogen-bond donors (Lipinski definition) is 1. The molecule has 0 aliphatic carbocycles. The summed E-state index contributed by atoms with van der Waals surface area (Å²) in [4.78, 5) is 8.25. The molecule has 3 heterocycles. The summed E-state index contributed by atoms with van der Waals surface area (Å²) >= 11 is 1.31. The van der Waals surface area contributed by atoms with Gasteiger partial charge in [-0.1, -0.05) is 17.8 Å². The Morgan fingerprint density at radius 2 is 2.11 bits per heavy atom. The highest BCUT2D eigenvalue weighted by Crippen LogP contribution is 2.53. The van der Waals surface area contributed by atoms with E-state index in [1.165, 1.54) is 36.3 Å². The van der Waals surface area contributed by atoms with Crippen molar-refractivity contribution in [3.63, 3.8) is 0 Å². The van der Waals surface area contributed by atoms with Crippen LogP contribution in [0.4, 0.5) is 13.2 Å². The van der Waals surface area contributed by atoms with Gasteiger partial charge in [-0.15, -0.1) is 0 Å². The highest BCUT2D eigenvalue weighted by molar-refractivity contribution is 8.14. The van der Waals surface area contributed by atoms with Gasteiger partial charge in [0, 0.05) is 29.8 Å². The normalized spacial score (nSPS) is 26.8. The van der Waals surface area contributed by atoms with E-state index in [-0.39, 0.29) is 23.6 Å². The standard InChI is InChI=1S/C19H18F3N3O2S/c1-10-15-8-25-18(23)28-19(15,9-26-10)14-5-11(2-3-16(14)20)12-4-13(7-24-6-12)27-17(21)22/h2-7,10,15,17H,8-9H2,1H3,(H2,23,25)/t10-,15+,19-/m1/s1. The van der Waals surface area contributed by atoms with Gasteiger partial charge in [0.1, 0.15) is 11.6 Å². The first-order valence-corrected chi connectivity index (χ1v) is 9.51. The van der Waals surface area contributed by atoms with E-state index in [1.807, 2.05) is 6.92 Å². The number of amidine groups is 1. The van der Waals surface area contributed by atoms with Gasteiger partial charge in [0.2, 0.25) is 0 Å². The third-order valence-electron chi connectivity index (χ3n) is 5.15. The molecule has 4 rings (SSSR count). The molecule has 5 nitrogen and oxygen atoms in total. The maximum atomic E-state index is 14.9. The molecule has 2 aliphatic rings. The zero-order valence-electron chi connectivity index (χ0n) is 14.9. The highest BCUT2D eigenvalue weighted by atomic mass is 32.2. The number of nitrogens with zero attached hydrogens (tertiary/aromatic N) is 2. The number of halogens is 3. The van der Waals surface area contributed by atoms with Crippen LogP contribution in [-0.2, 0) is 9.48 Å². The number of fused-ring (bicyclic) bond motifs is 1. The van der Waals surface area contributed by atoms with Crippen LogP contribution in [0.5, 0.6) is 5.75 Å². The number of ether oxygens (including phenoxy) is 2. The Balaban J connectivity index is 1.77. The van der Waals surface area contributed by atoms with Crippen molar-refractivity contribution in [3.8, 4) is 16.9 Å². The molecule has 2 aliphatic heterocycles. The van der Waals surface area contributed by atoms with Crippen LogP contribution in [0, 0.1) is 11.7 Å². The molecule has 28 heavy (non-hydrogen) atoms. The molecule has 0 spiro atoms. The average molecular weight is 409 g/mol. The first-order chi connectivity index (χ1) is 13.4. The summed E-state index contributed by atoms with van der Waals surface area (Å²) in [6.07, 6.45) is 2.63. The van der Waals surface area contributed by atoms with Crippen molar-refractivity contribution in [2.45, 2.75) is 24.4 Å². The van der Waals surface area contributed by atoms with Crippen LogP contribution < -0.4 is 10.5 Å². The van der Waals surface area contributed by atoms with E-state index >= 15 is 0 Å². The predicted octanol–water partition coefficient (Wildman–Crippen LogP) is 3.78. The quantitative estimate of drug-likeness (QED) is 0.832. The maximum Gasteiger partial charge on any atom is 0.387 e. The average Bonchev–Trinajstić information content (AvgIpc) is 2.98. The fourth-order valence-corrected chi connectivity index (χ4v) is 5.09. The van der Waals surface area contributed by atoms with Gasteiger partial charge in [-0.05, 0) is 30.7 Å². The van der Waals surface area contributed by atoms with Crippen molar-refractivity contribution in [1.82, 2.24) is 4.98 Å². The fourth-order valence-electron chi connectivity index (χ4n) is 3.77. The summed E-state index contributed by atoms with van der Waals surface area (Å²) < 4.78 is 49.5. The second-order valence-electron chi connectivity index (χ2n) is 6.78. The molecular weight excluding hydrogens is 391 g/mol. The van der Waals surface area contributed by atoms with Gasteiger partial charge >= 0.3 is 6.61 Å². The molecule has 2 aromatic rings. The molecule has 0 saturated carbocycles. The van der Waals surface area contributed by atoms with E-state index < -0.39 is 11.4 Å². The van der Waals surface area contributed by atoms with Crippen molar-refractivity contribution in [1.29, 1.82) is 0 Å². The molecular formula is C19H18F3N3O2S. The number of aliphatic imine (C=N–C) groups is 1. The molecule has 1 saturated heterocycles. The largest absolute Gasteiger partial charge is 0.433 e. The lowest BCUT2D eigenvalue weighted by Gasteiger charge is -2.37. The molecule has 1 aromatic carbocycles. The van der Waals surface area contributed by atoms with Gasteiger partial charge in [0.25, 0.3) is 0 Å². The maximum absolute atomic E-state index is 14.9. The number of alkyl halides is 2. The van der Waals surface area contributed by atoms with E-state index in [1.54, 1.807) is 12.1 Å². The van der Waals surface area contributed by atoms with Crippen LogP contribution in [0.1, 0.15) is 12.5 Å². The number of benzene rings is 1. The van der Waals surface area contributed by atoms with Gasteiger partial charge in [-0.25, -0.2) is 4.39 Å². The van der Waals surface area contributed by atoms with Crippen LogP contribution in [0.15, 0.2) is 41.7 Å². The molecule has 1 aromatic heterocycles. The van der Waals surface area contributed by atoms with E-state index in [0.717, 1.165) is 0 Å². The molecule has 0 unspecified atom stereocenters. The van der Waals surface area contributed by atoms with Crippen LogP contribution in [0.2, 0.25) is 0 Å². The second kappa shape index (κ2) is 7.29. The van der Waals surface area contributed by atoms with E-state index in [2.05, 4.69) is 14.7 Å². The minimum Gasteiger partial charge on any atom is -0.433 e. The Kier molecular flexibility index (Phi) is 4.96. The molecule has 9 heteroatoms. The van der Waals surface area contributed by atoms with Gasteiger partial charge in [-0.3, -0.25) is 9.98 Å². The topological polar surface area (TPSA) is 69.7 Å². The van der Waals surface area contributed by atoms with Crippen molar-refractivity contribution >= 4 is 16.9 Å². The highest BCUT2D eigenvalue weighted by Gasteiger charge is 2.53. The van der Waals surface area contributed by atoms with E-state index in [0.29, 0.717) is 35.0 Å². The summed E-state index contributed by atoms with van der Waals surface area (Å²) in [5.74, 6) is -0.460. The van der Waals surface area contributed by atoms with Gasteiger partial charge in [-0.2, -0.15) is 8.78 Å². The Labute approximate surface area is 164 Å². The zero-order valence-corrected chi connectivity index (χ0v) is 15.8. The van der Waals surface area contributed by atoms with Crippen molar-refractivity contribution in [2.24, 2.45) is 16.6 Å². The van der Waals surface area contributed by atoms with E-state index in [9.17, 15) is 13.2 Å². The lowest BCUT2D eigenvalue weighted by Crippen LogP contribution is -2.41. The number of pyridine rings is 1. The van der Waals surface area contributed by atoms with Crippen molar-refractivity contribution in [2.75, 3.05) is 13.2 Å². The third-order valence-corrected chi connectivity index (χ3v) is 6.49. The van der Waals surface area contributed by atoms with E-state index in [4.69, 9.17) is 10.5 Å². The Morgan fingerprint density at radius 3 is 2.89 bits per heavy atom. The fraction of sp³-hybridized carbons (Fsp3) is 0.368. The summed E-state index contributed by atoms with van der Waals surface area (Å²) in [5.41, 5.74) is 7.60.